The van der Waals surface area contributed by atoms with E-state index >= 15 is 0 Å². The molecule has 1 aromatic carbocycles. The zero-order valence-corrected chi connectivity index (χ0v) is 17.2. The zero-order valence-electron chi connectivity index (χ0n) is 14.9. The van der Waals surface area contributed by atoms with E-state index in [1.807, 2.05) is 0 Å². The van der Waals surface area contributed by atoms with Crippen molar-refractivity contribution in [1.82, 2.24) is 4.31 Å². The van der Waals surface area contributed by atoms with E-state index in [-0.39, 0.29) is 33.6 Å². The van der Waals surface area contributed by atoms with Gasteiger partial charge in [-0.25, -0.2) is 17.1 Å². The molecule has 0 radical (unpaired) electrons. The Morgan fingerprint density at radius 2 is 2.04 bits per heavy atom. The number of Topliss-reactive ketones (excluding diaryl/α,β-unsaturated/α-hetero) is 1. The number of hydrogen-bond acceptors (Lipinski definition) is 6. The number of methoxy groups -OCH3 is 1. The summed E-state index contributed by atoms with van der Waals surface area (Å²) in [6.07, 6.45) is 0.296. The predicted octanol–water partition coefficient (Wildman–Crippen LogP) is 3.29. The normalized spacial score (nSPS) is 18.2. The summed E-state index contributed by atoms with van der Waals surface area (Å²) in [4.78, 5) is 25.2. The summed E-state index contributed by atoms with van der Waals surface area (Å²) < 4.78 is 45.4. The Bertz CT molecular complexity index is 1020. The van der Waals surface area contributed by atoms with Crippen molar-refractivity contribution in [1.29, 1.82) is 0 Å². The van der Waals surface area contributed by atoms with Gasteiger partial charge in [-0.05, 0) is 48.7 Å². The van der Waals surface area contributed by atoms with Gasteiger partial charge >= 0.3 is 0 Å². The topological polar surface area (TPSA) is 80.8 Å². The summed E-state index contributed by atoms with van der Waals surface area (Å²) in [6.45, 7) is -0.520. The number of carbonyl (C=O) groups is 2. The van der Waals surface area contributed by atoms with E-state index in [0.29, 0.717) is 15.6 Å². The van der Waals surface area contributed by atoms with Crippen molar-refractivity contribution in [2.24, 2.45) is 5.92 Å². The van der Waals surface area contributed by atoms with Crippen molar-refractivity contribution in [3.8, 4) is 5.75 Å². The third-order valence-corrected chi connectivity index (χ3v) is 7.93. The second-order valence-electron chi connectivity index (χ2n) is 6.34. The Labute approximate surface area is 170 Å². The minimum atomic E-state index is -4.20. The molecular weight excluding hydrogens is 429 g/mol. The lowest BCUT2D eigenvalue weighted by Crippen LogP contribution is -2.41. The second-order valence-corrected chi connectivity index (χ2v) is 10.1. The molecule has 1 amide bonds. The van der Waals surface area contributed by atoms with Crippen LogP contribution < -0.4 is 4.74 Å². The van der Waals surface area contributed by atoms with Gasteiger partial charge in [-0.2, -0.15) is 0 Å². The third-order valence-electron chi connectivity index (χ3n) is 4.49. The van der Waals surface area contributed by atoms with Gasteiger partial charge in [0.05, 0.1) is 18.0 Å². The first-order valence-electron chi connectivity index (χ1n) is 8.38. The summed E-state index contributed by atoms with van der Waals surface area (Å²) in [5, 5.41) is 0. The number of sulfonamides is 1. The number of ether oxygens (including phenoxy) is 1. The minimum absolute atomic E-state index is 0.0598. The van der Waals surface area contributed by atoms with Gasteiger partial charge in [0.1, 0.15) is 15.8 Å². The fraction of sp³-hybridized carbons (Fsp3) is 0.333. The van der Waals surface area contributed by atoms with Crippen molar-refractivity contribution in [3.05, 3.63) is 46.0 Å². The number of rotatable bonds is 5. The SMILES string of the molecule is COc1ccc(F)cc1CC1CCC(=O)CN(S(=O)(=O)c2ccc(Cl)s2)C1=O. The van der Waals surface area contributed by atoms with Crippen molar-refractivity contribution < 1.29 is 27.1 Å². The van der Waals surface area contributed by atoms with E-state index in [9.17, 15) is 22.4 Å². The molecule has 1 saturated heterocycles. The van der Waals surface area contributed by atoms with Gasteiger partial charge in [0.15, 0.2) is 5.78 Å². The summed E-state index contributed by atoms with van der Waals surface area (Å²) in [7, 11) is -2.78. The molecule has 0 saturated carbocycles. The van der Waals surface area contributed by atoms with Crippen molar-refractivity contribution >= 4 is 44.7 Å². The number of thiophene rings is 1. The molecule has 0 N–H and O–H groups in total. The predicted molar refractivity (Wildman–Crippen MR) is 103 cm³/mol. The van der Waals surface area contributed by atoms with E-state index in [2.05, 4.69) is 0 Å². The first kappa shape index (κ1) is 20.8. The number of benzene rings is 1. The molecule has 3 rings (SSSR count). The summed E-state index contributed by atoms with van der Waals surface area (Å²) in [5.41, 5.74) is 0.437. The van der Waals surface area contributed by atoms with Crippen LogP contribution >= 0.6 is 22.9 Å². The molecule has 1 atom stereocenters. The molecule has 6 nitrogen and oxygen atoms in total. The van der Waals surface area contributed by atoms with E-state index in [1.54, 1.807) is 0 Å². The van der Waals surface area contributed by atoms with Gasteiger partial charge in [-0.1, -0.05) is 11.6 Å². The summed E-state index contributed by atoms with van der Waals surface area (Å²) >= 11 is 6.64. The maximum Gasteiger partial charge on any atom is 0.276 e. The molecule has 0 spiro atoms. The first-order valence-corrected chi connectivity index (χ1v) is 11.0. The highest BCUT2D eigenvalue weighted by Gasteiger charge is 2.39. The molecule has 2 aromatic rings. The highest BCUT2D eigenvalue weighted by molar-refractivity contribution is 7.91. The molecule has 1 aliphatic rings. The molecule has 1 aromatic heterocycles. The van der Waals surface area contributed by atoms with Crippen LogP contribution in [0.25, 0.3) is 0 Å². The smallest absolute Gasteiger partial charge is 0.276 e. The fourth-order valence-electron chi connectivity index (χ4n) is 3.09. The highest BCUT2D eigenvalue weighted by Crippen LogP contribution is 2.32. The van der Waals surface area contributed by atoms with Crippen LogP contribution in [0.5, 0.6) is 5.75 Å². The molecule has 1 unspecified atom stereocenters. The highest BCUT2D eigenvalue weighted by atomic mass is 35.5. The fourth-order valence-corrected chi connectivity index (χ4v) is 6.12. The van der Waals surface area contributed by atoms with Crippen LogP contribution in [0.3, 0.4) is 0 Å². The lowest BCUT2D eigenvalue weighted by atomic mass is 9.93. The number of carbonyl (C=O) groups excluding carboxylic acids is 2. The lowest BCUT2D eigenvalue weighted by Gasteiger charge is -2.23. The molecule has 28 heavy (non-hydrogen) atoms. The Morgan fingerprint density at radius 3 is 2.68 bits per heavy atom. The van der Waals surface area contributed by atoms with Gasteiger partial charge < -0.3 is 4.74 Å². The zero-order chi connectivity index (χ0) is 20.5. The Kier molecular flexibility index (Phi) is 6.07. The number of amides is 1. The molecule has 10 heteroatoms. The molecule has 1 aliphatic heterocycles. The molecule has 2 heterocycles. The monoisotopic (exact) mass is 445 g/mol. The standard InChI is InChI=1S/C18H17ClFNO5S2/c1-26-15-5-3-13(20)9-12(15)8-11-2-4-14(22)10-21(18(11)23)28(24,25)17-7-6-16(19)27-17/h3,5-7,9,11H,2,4,8,10H2,1H3. The van der Waals surface area contributed by atoms with Crippen LogP contribution in [0.4, 0.5) is 4.39 Å². The van der Waals surface area contributed by atoms with Crippen LogP contribution in [-0.4, -0.2) is 38.1 Å². The molecule has 0 aliphatic carbocycles. The number of nitrogens with zero attached hydrogens (tertiary/aromatic N) is 1. The van der Waals surface area contributed by atoms with E-state index in [0.717, 1.165) is 11.3 Å². The Morgan fingerprint density at radius 1 is 1.29 bits per heavy atom. The lowest BCUT2D eigenvalue weighted by molar-refractivity contribution is -0.131. The maximum atomic E-state index is 13.7. The van der Waals surface area contributed by atoms with Crippen LogP contribution in [0.1, 0.15) is 18.4 Å². The van der Waals surface area contributed by atoms with Gasteiger partial charge in [-0.3, -0.25) is 9.59 Å². The van der Waals surface area contributed by atoms with Gasteiger partial charge in [0, 0.05) is 12.3 Å². The van der Waals surface area contributed by atoms with Crippen molar-refractivity contribution in [2.75, 3.05) is 13.7 Å². The Balaban J connectivity index is 1.95. The van der Waals surface area contributed by atoms with Crippen LogP contribution in [-0.2, 0) is 26.0 Å². The van der Waals surface area contributed by atoms with E-state index in [1.165, 1.54) is 37.4 Å². The second kappa shape index (κ2) is 8.18. The van der Waals surface area contributed by atoms with Gasteiger partial charge in [0.2, 0.25) is 5.91 Å². The van der Waals surface area contributed by atoms with Crippen LogP contribution in [0.15, 0.2) is 34.5 Å². The molecule has 0 bridgehead atoms. The van der Waals surface area contributed by atoms with Crippen LogP contribution in [0.2, 0.25) is 4.34 Å². The van der Waals surface area contributed by atoms with Crippen molar-refractivity contribution in [3.63, 3.8) is 0 Å². The first-order chi connectivity index (χ1) is 13.2. The van der Waals surface area contributed by atoms with Crippen molar-refractivity contribution in [2.45, 2.75) is 23.5 Å². The van der Waals surface area contributed by atoms with E-state index < -0.39 is 34.2 Å². The number of hydrogen-bond donors (Lipinski definition) is 0. The number of ketones is 1. The van der Waals surface area contributed by atoms with Gasteiger partial charge in [-0.15, -0.1) is 11.3 Å². The number of halogens is 2. The average molecular weight is 446 g/mol. The molecular formula is C18H17ClFNO5S2. The quantitative estimate of drug-likeness (QED) is 0.705. The Hall–Kier alpha value is -1.97. The summed E-state index contributed by atoms with van der Waals surface area (Å²) in [6, 6.07) is 6.64. The average Bonchev–Trinajstić information content (AvgIpc) is 3.04. The maximum absolute atomic E-state index is 13.7. The molecule has 1 fully saturated rings. The molecule has 150 valence electrons. The van der Waals surface area contributed by atoms with Gasteiger partial charge in [0.25, 0.3) is 10.0 Å². The minimum Gasteiger partial charge on any atom is -0.496 e. The summed E-state index contributed by atoms with van der Waals surface area (Å²) in [5.74, 6) is -1.95. The largest absolute Gasteiger partial charge is 0.496 e. The van der Waals surface area contributed by atoms with E-state index in [4.69, 9.17) is 16.3 Å². The third kappa shape index (κ3) is 4.21. The van der Waals surface area contributed by atoms with Crippen LogP contribution in [0, 0.1) is 11.7 Å².